The van der Waals surface area contributed by atoms with Crippen LogP contribution in [-0.2, 0) is 26.6 Å². The van der Waals surface area contributed by atoms with Gasteiger partial charge >= 0.3 is 0 Å². The second kappa shape index (κ2) is 13.6. The van der Waals surface area contributed by atoms with E-state index in [2.05, 4.69) is 69.3 Å². The molecule has 0 aliphatic carbocycles. The molecule has 2 atom stereocenters. The number of hydrogen-bond donors (Lipinski definition) is 0. The van der Waals surface area contributed by atoms with Crippen molar-refractivity contribution in [2.75, 3.05) is 19.5 Å². The molecule has 0 amide bonds. The standard InChI is InChI=1S/C34H40O4SSi/c1-27-16-22-31(23-17-27)39(35)26-30(25-37-24-28-18-20-29(36-5)21-19-28)38-40(34(2,3)4,32-12-8-6-9-13-32)33-14-10-7-11-15-33/h6-23,30H,24-26H2,1-5H3/t30-,39+/m1/s1. The monoisotopic (exact) mass is 572 g/mol. The zero-order chi connectivity index (χ0) is 28.6. The number of rotatable bonds is 12. The van der Waals surface area contributed by atoms with Crippen molar-refractivity contribution in [1.82, 2.24) is 0 Å². The molecule has 0 saturated carbocycles. The normalized spacial score (nSPS) is 13.5. The Morgan fingerprint density at radius 2 is 1.32 bits per heavy atom. The second-order valence-corrected chi connectivity index (χ2v) is 16.8. The van der Waals surface area contributed by atoms with Crippen molar-refractivity contribution in [3.8, 4) is 5.75 Å². The third-order valence-electron chi connectivity index (χ3n) is 7.11. The first-order valence-electron chi connectivity index (χ1n) is 13.7. The van der Waals surface area contributed by atoms with Crippen LogP contribution in [0.15, 0.2) is 114 Å². The van der Waals surface area contributed by atoms with Crippen molar-refractivity contribution < 1.29 is 18.1 Å². The van der Waals surface area contributed by atoms with Crippen LogP contribution in [0.3, 0.4) is 0 Å². The lowest BCUT2D eigenvalue weighted by atomic mass is 10.2. The van der Waals surface area contributed by atoms with Crippen LogP contribution in [0.5, 0.6) is 5.75 Å². The molecule has 0 aliphatic heterocycles. The Morgan fingerprint density at radius 1 is 0.775 bits per heavy atom. The van der Waals surface area contributed by atoms with Gasteiger partial charge in [-0.2, -0.15) is 0 Å². The van der Waals surface area contributed by atoms with E-state index in [1.165, 1.54) is 10.4 Å². The Hall–Kier alpha value is -3.03. The minimum absolute atomic E-state index is 0.199. The molecule has 210 valence electrons. The van der Waals surface area contributed by atoms with E-state index in [0.29, 0.717) is 19.0 Å². The first-order valence-corrected chi connectivity index (χ1v) is 16.9. The van der Waals surface area contributed by atoms with Crippen LogP contribution in [0.2, 0.25) is 5.04 Å². The maximum atomic E-state index is 13.7. The van der Waals surface area contributed by atoms with Gasteiger partial charge in [0.25, 0.3) is 8.32 Å². The molecule has 0 saturated heterocycles. The number of hydrogen-bond acceptors (Lipinski definition) is 4. The van der Waals surface area contributed by atoms with Crippen molar-refractivity contribution in [2.24, 2.45) is 0 Å². The van der Waals surface area contributed by atoms with Crippen molar-refractivity contribution in [3.63, 3.8) is 0 Å². The SMILES string of the molecule is COc1ccc(COC[C@H](C[S@](=O)c2ccc(C)cc2)O[Si](c2ccccc2)(c2ccccc2)C(C)(C)C)cc1. The summed E-state index contributed by atoms with van der Waals surface area (Å²) in [7, 11) is -2.45. The zero-order valence-corrected chi connectivity index (χ0v) is 25.9. The lowest BCUT2D eigenvalue weighted by molar-refractivity contribution is 0.0465. The van der Waals surface area contributed by atoms with Gasteiger partial charge in [0.05, 0.1) is 43.0 Å². The van der Waals surface area contributed by atoms with Crippen molar-refractivity contribution in [1.29, 1.82) is 0 Å². The molecule has 0 N–H and O–H groups in total. The van der Waals surface area contributed by atoms with Crippen molar-refractivity contribution >= 4 is 29.5 Å². The molecule has 6 heteroatoms. The van der Waals surface area contributed by atoms with Crippen LogP contribution in [0.25, 0.3) is 0 Å². The number of ether oxygens (including phenoxy) is 2. The lowest BCUT2D eigenvalue weighted by Gasteiger charge is -2.45. The lowest BCUT2D eigenvalue weighted by Crippen LogP contribution is -2.68. The van der Waals surface area contributed by atoms with Crippen molar-refractivity contribution in [2.45, 2.75) is 50.3 Å². The van der Waals surface area contributed by atoms with E-state index in [1.54, 1.807) is 7.11 Å². The quantitative estimate of drug-likeness (QED) is 0.188. The van der Waals surface area contributed by atoms with Crippen LogP contribution in [0.1, 0.15) is 31.9 Å². The third kappa shape index (κ3) is 7.18. The third-order valence-corrected chi connectivity index (χ3v) is 13.7. The van der Waals surface area contributed by atoms with Crippen LogP contribution in [0, 0.1) is 6.92 Å². The molecule has 4 aromatic carbocycles. The minimum Gasteiger partial charge on any atom is -0.497 e. The fourth-order valence-corrected chi connectivity index (χ4v) is 11.0. The number of aryl methyl sites for hydroxylation is 1. The molecule has 0 spiro atoms. The Labute approximate surface area is 242 Å². The number of benzene rings is 4. The summed E-state index contributed by atoms with van der Waals surface area (Å²) in [5, 5.41) is 2.18. The summed E-state index contributed by atoms with van der Waals surface area (Å²) < 4.78 is 32.6. The Morgan fingerprint density at radius 3 is 1.82 bits per heavy atom. The van der Waals surface area contributed by atoms with Crippen molar-refractivity contribution in [3.05, 3.63) is 120 Å². The second-order valence-electron chi connectivity index (χ2n) is 11.1. The first-order chi connectivity index (χ1) is 19.2. The smallest absolute Gasteiger partial charge is 0.261 e. The van der Waals surface area contributed by atoms with Gasteiger partial charge in [0.15, 0.2) is 0 Å². The zero-order valence-electron chi connectivity index (χ0n) is 24.1. The fourth-order valence-electron chi connectivity index (χ4n) is 5.04. The molecule has 0 fully saturated rings. The van der Waals surface area contributed by atoms with Crippen LogP contribution in [0.4, 0.5) is 0 Å². The highest BCUT2D eigenvalue weighted by molar-refractivity contribution is 7.85. The Bertz CT molecular complexity index is 1310. The summed E-state index contributed by atoms with van der Waals surface area (Å²) in [6.45, 7) is 9.56. The van der Waals surface area contributed by atoms with E-state index in [1.807, 2.05) is 67.6 Å². The predicted octanol–water partition coefficient (Wildman–Crippen LogP) is 6.27. The Kier molecular flexibility index (Phi) is 10.1. The summed E-state index contributed by atoms with van der Waals surface area (Å²) in [5.74, 6) is 1.15. The van der Waals surface area contributed by atoms with Crippen LogP contribution >= 0.6 is 0 Å². The highest BCUT2D eigenvalue weighted by Crippen LogP contribution is 2.37. The van der Waals surface area contributed by atoms with Gasteiger partial charge in [0.2, 0.25) is 0 Å². The topological polar surface area (TPSA) is 44.8 Å². The van der Waals surface area contributed by atoms with Gasteiger partial charge in [-0.1, -0.05) is 111 Å². The average Bonchev–Trinajstić information content (AvgIpc) is 2.96. The van der Waals surface area contributed by atoms with E-state index < -0.39 is 19.1 Å². The molecule has 0 unspecified atom stereocenters. The van der Waals surface area contributed by atoms with Gasteiger partial charge < -0.3 is 13.9 Å². The molecule has 0 radical (unpaired) electrons. The summed E-state index contributed by atoms with van der Waals surface area (Å²) in [4.78, 5) is 0.803. The molecule has 0 bridgehead atoms. The highest BCUT2D eigenvalue weighted by atomic mass is 32.2. The molecule has 0 aromatic heterocycles. The molecule has 4 nitrogen and oxygen atoms in total. The van der Waals surface area contributed by atoms with E-state index >= 15 is 0 Å². The average molecular weight is 573 g/mol. The maximum Gasteiger partial charge on any atom is 0.261 e. The van der Waals surface area contributed by atoms with Crippen LogP contribution in [-0.4, -0.2) is 38.1 Å². The Balaban J connectivity index is 1.69. The fraction of sp³-hybridized carbons (Fsp3) is 0.294. The molecule has 40 heavy (non-hydrogen) atoms. The van der Waals surface area contributed by atoms with Gasteiger partial charge in [0, 0.05) is 4.90 Å². The maximum absolute atomic E-state index is 13.7. The van der Waals surface area contributed by atoms with E-state index in [-0.39, 0.29) is 11.1 Å². The van der Waals surface area contributed by atoms with Gasteiger partial charge in [-0.3, -0.25) is 4.21 Å². The molecule has 0 heterocycles. The van der Waals surface area contributed by atoms with Gasteiger partial charge in [0.1, 0.15) is 5.75 Å². The largest absolute Gasteiger partial charge is 0.497 e. The van der Waals surface area contributed by atoms with E-state index in [4.69, 9.17) is 13.9 Å². The minimum atomic E-state index is -2.86. The molecule has 4 rings (SSSR count). The van der Waals surface area contributed by atoms with Gasteiger partial charge in [-0.05, 0) is 52.2 Å². The summed E-state index contributed by atoms with van der Waals surface area (Å²) >= 11 is 0. The van der Waals surface area contributed by atoms with E-state index in [0.717, 1.165) is 21.8 Å². The highest BCUT2D eigenvalue weighted by Gasteiger charge is 2.51. The summed E-state index contributed by atoms with van der Waals surface area (Å²) in [6.07, 6.45) is -0.383. The molecular weight excluding hydrogens is 533 g/mol. The van der Waals surface area contributed by atoms with Gasteiger partial charge in [-0.25, -0.2) is 0 Å². The molecular formula is C34H40O4SSi. The van der Waals surface area contributed by atoms with E-state index in [9.17, 15) is 4.21 Å². The molecule has 0 aliphatic rings. The predicted molar refractivity (Wildman–Crippen MR) is 168 cm³/mol. The summed E-state index contributed by atoms with van der Waals surface area (Å²) in [5.41, 5.74) is 2.19. The van der Waals surface area contributed by atoms with Crippen LogP contribution < -0.4 is 15.1 Å². The van der Waals surface area contributed by atoms with Gasteiger partial charge in [-0.15, -0.1) is 0 Å². The molecule has 4 aromatic rings. The number of methoxy groups -OCH3 is 1. The first kappa shape index (κ1) is 29.9. The summed E-state index contributed by atoms with van der Waals surface area (Å²) in [6, 6.07) is 36.9.